The average molecular weight is 258 g/mol. The third-order valence-electron chi connectivity index (χ3n) is 5.42. The van der Waals surface area contributed by atoms with Gasteiger partial charge in [0.25, 0.3) is 0 Å². The fourth-order valence-corrected chi connectivity index (χ4v) is 4.29. The first-order valence-electron chi connectivity index (χ1n) is 7.75. The molecular weight excluding hydrogens is 232 g/mol. The second-order valence-corrected chi connectivity index (χ2v) is 6.45. The van der Waals surface area contributed by atoms with Gasteiger partial charge in [0, 0.05) is 12.6 Å². The average Bonchev–Trinajstić information content (AvgIpc) is 2.87. The van der Waals surface area contributed by atoms with Crippen LogP contribution in [0.25, 0.3) is 0 Å². The lowest BCUT2D eigenvalue weighted by Crippen LogP contribution is -2.54. The highest BCUT2D eigenvalue weighted by Crippen LogP contribution is 2.46. The van der Waals surface area contributed by atoms with Gasteiger partial charge in [0.05, 0.1) is 5.54 Å². The highest BCUT2D eigenvalue weighted by atomic mass is 15.2. The molecule has 1 heterocycles. The normalized spacial score (nSPS) is 35.3. The van der Waals surface area contributed by atoms with Gasteiger partial charge in [-0.15, -0.1) is 0 Å². The van der Waals surface area contributed by atoms with E-state index in [1.807, 2.05) is 0 Å². The lowest BCUT2D eigenvalue weighted by Gasteiger charge is -2.48. The molecule has 104 valence electrons. The Hall–Kier alpha value is -0.860. The molecule has 1 aromatic carbocycles. The van der Waals surface area contributed by atoms with E-state index >= 15 is 0 Å². The Balaban J connectivity index is 2.09. The number of rotatable bonds is 2. The van der Waals surface area contributed by atoms with E-state index in [-0.39, 0.29) is 5.54 Å². The van der Waals surface area contributed by atoms with Crippen LogP contribution in [-0.4, -0.2) is 24.0 Å². The van der Waals surface area contributed by atoms with E-state index in [1.165, 1.54) is 43.4 Å². The first-order valence-corrected chi connectivity index (χ1v) is 7.75. The third kappa shape index (κ3) is 1.93. The highest BCUT2D eigenvalue weighted by Gasteiger charge is 2.45. The number of likely N-dealkylation sites (tertiary alicyclic amines) is 1. The molecule has 3 atom stereocenters. The van der Waals surface area contributed by atoms with Gasteiger partial charge >= 0.3 is 0 Å². The summed E-state index contributed by atoms with van der Waals surface area (Å²) in [5, 5.41) is 0. The van der Waals surface area contributed by atoms with Crippen molar-refractivity contribution in [3.05, 3.63) is 35.4 Å². The van der Waals surface area contributed by atoms with E-state index in [4.69, 9.17) is 5.73 Å². The molecule has 1 aliphatic carbocycles. The zero-order valence-corrected chi connectivity index (χ0v) is 12.2. The fourth-order valence-electron chi connectivity index (χ4n) is 4.29. The number of benzene rings is 1. The molecule has 0 saturated carbocycles. The molecule has 2 aliphatic rings. The Kier molecular flexibility index (Phi) is 3.40. The maximum atomic E-state index is 6.30. The lowest BCUT2D eigenvalue weighted by molar-refractivity contribution is 0.0644. The van der Waals surface area contributed by atoms with Crippen LogP contribution in [0.1, 0.15) is 56.6 Å². The number of nitrogens with two attached hydrogens (primary N) is 1. The zero-order valence-electron chi connectivity index (χ0n) is 12.2. The number of hydrogen-bond acceptors (Lipinski definition) is 2. The molecule has 3 rings (SSSR count). The van der Waals surface area contributed by atoms with Gasteiger partial charge in [-0.05, 0) is 56.2 Å². The van der Waals surface area contributed by atoms with E-state index in [0.29, 0.717) is 12.0 Å². The van der Waals surface area contributed by atoms with Crippen molar-refractivity contribution in [1.29, 1.82) is 0 Å². The van der Waals surface area contributed by atoms with Crippen LogP contribution in [0.15, 0.2) is 24.3 Å². The smallest absolute Gasteiger partial charge is 0.0589 e. The van der Waals surface area contributed by atoms with Crippen LogP contribution in [0, 0.1) is 0 Å². The van der Waals surface area contributed by atoms with Gasteiger partial charge in [-0.1, -0.05) is 31.2 Å². The molecular formula is C17H26N2. The summed E-state index contributed by atoms with van der Waals surface area (Å²) in [4.78, 5) is 2.69. The van der Waals surface area contributed by atoms with Gasteiger partial charge in [0.1, 0.15) is 0 Å². The van der Waals surface area contributed by atoms with Gasteiger partial charge in [0.2, 0.25) is 0 Å². The molecule has 0 aromatic heterocycles. The summed E-state index contributed by atoms with van der Waals surface area (Å²) >= 11 is 0. The summed E-state index contributed by atoms with van der Waals surface area (Å²) < 4.78 is 0. The van der Waals surface area contributed by atoms with Gasteiger partial charge < -0.3 is 5.73 Å². The standard InChI is InChI=1S/C17H26N2/c1-13-9-10-17(12-18,19-11-5-6-14(19)2)16-8-4-3-7-15(13)16/h3-4,7-8,13-14H,5-6,9-12,18H2,1-2H3. The fraction of sp³-hybridized carbons (Fsp3) is 0.647. The first-order chi connectivity index (χ1) is 9.19. The predicted octanol–water partition coefficient (Wildman–Crippen LogP) is 3.22. The van der Waals surface area contributed by atoms with Crippen LogP contribution >= 0.6 is 0 Å². The Labute approximate surface area is 117 Å². The van der Waals surface area contributed by atoms with Crippen molar-refractivity contribution in [1.82, 2.24) is 4.90 Å². The van der Waals surface area contributed by atoms with Crippen molar-refractivity contribution >= 4 is 0 Å². The van der Waals surface area contributed by atoms with Crippen LogP contribution in [-0.2, 0) is 5.54 Å². The SMILES string of the molecule is CC1CCC(CN)(N2CCCC2C)c2ccccc21. The van der Waals surface area contributed by atoms with E-state index in [9.17, 15) is 0 Å². The summed E-state index contributed by atoms with van der Waals surface area (Å²) in [7, 11) is 0. The Morgan fingerprint density at radius 3 is 2.74 bits per heavy atom. The van der Waals surface area contributed by atoms with Gasteiger partial charge in [0.15, 0.2) is 0 Å². The molecule has 1 saturated heterocycles. The Morgan fingerprint density at radius 2 is 2.05 bits per heavy atom. The topological polar surface area (TPSA) is 29.3 Å². The molecule has 0 spiro atoms. The highest BCUT2D eigenvalue weighted by molar-refractivity contribution is 5.39. The second kappa shape index (κ2) is 4.92. The van der Waals surface area contributed by atoms with E-state index in [2.05, 4.69) is 43.0 Å². The van der Waals surface area contributed by atoms with Gasteiger partial charge in [-0.2, -0.15) is 0 Å². The lowest BCUT2D eigenvalue weighted by atomic mass is 9.71. The summed E-state index contributed by atoms with van der Waals surface area (Å²) in [6.45, 7) is 6.68. The molecule has 2 N–H and O–H groups in total. The molecule has 19 heavy (non-hydrogen) atoms. The minimum Gasteiger partial charge on any atom is -0.328 e. The predicted molar refractivity (Wildman–Crippen MR) is 80.2 cm³/mol. The van der Waals surface area contributed by atoms with E-state index in [1.54, 1.807) is 0 Å². The summed E-state index contributed by atoms with van der Waals surface area (Å²) in [6, 6.07) is 9.66. The minimum atomic E-state index is 0.0962. The molecule has 0 radical (unpaired) electrons. The van der Waals surface area contributed by atoms with Crippen LogP contribution in [0.3, 0.4) is 0 Å². The summed E-state index contributed by atoms with van der Waals surface area (Å²) in [5.74, 6) is 0.675. The second-order valence-electron chi connectivity index (χ2n) is 6.45. The Bertz CT molecular complexity index is 456. The van der Waals surface area contributed by atoms with Crippen LogP contribution in [0.5, 0.6) is 0 Å². The summed E-state index contributed by atoms with van der Waals surface area (Å²) in [5.41, 5.74) is 9.43. The molecule has 1 aromatic rings. The molecule has 2 nitrogen and oxygen atoms in total. The number of nitrogens with zero attached hydrogens (tertiary/aromatic N) is 1. The van der Waals surface area contributed by atoms with Crippen molar-refractivity contribution in [2.45, 2.75) is 57.0 Å². The largest absolute Gasteiger partial charge is 0.328 e. The van der Waals surface area contributed by atoms with Gasteiger partial charge in [-0.25, -0.2) is 0 Å². The quantitative estimate of drug-likeness (QED) is 0.882. The molecule has 2 heteroatoms. The number of fused-ring (bicyclic) bond motifs is 1. The van der Waals surface area contributed by atoms with Crippen molar-refractivity contribution in [2.24, 2.45) is 5.73 Å². The first kappa shape index (κ1) is 13.1. The monoisotopic (exact) mass is 258 g/mol. The number of hydrogen-bond donors (Lipinski definition) is 1. The molecule has 1 fully saturated rings. The summed E-state index contributed by atoms with van der Waals surface area (Å²) in [6.07, 6.45) is 5.11. The van der Waals surface area contributed by atoms with Crippen molar-refractivity contribution < 1.29 is 0 Å². The molecule has 3 unspecified atom stereocenters. The molecule has 0 bridgehead atoms. The minimum absolute atomic E-state index is 0.0962. The zero-order chi connectivity index (χ0) is 13.5. The van der Waals surface area contributed by atoms with Crippen LogP contribution < -0.4 is 5.73 Å². The van der Waals surface area contributed by atoms with E-state index < -0.39 is 0 Å². The molecule has 0 amide bonds. The van der Waals surface area contributed by atoms with Crippen LogP contribution in [0.2, 0.25) is 0 Å². The van der Waals surface area contributed by atoms with Gasteiger partial charge in [-0.3, -0.25) is 4.90 Å². The van der Waals surface area contributed by atoms with Crippen LogP contribution in [0.4, 0.5) is 0 Å². The van der Waals surface area contributed by atoms with E-state index in [0.717, 1.165) is 6.54 Å². The Morgan fingerprint density at radius 1 is 1.26 bits per heavy atom. The maximum Gasteiger partial charge on any atom is 0.0589 e. The maximum absolute atomic E-state index is 6.30. The van der Waals surface area contributed by atoms with Crippen molar-refractivity contribution in [3.63, 3.8) is 0 Å². The third-order valence-corrected chi connectivity index (χ3v) is 5.42. The van der Waals surface area contributed by atoms with Crippen molar-refractivity contribution in [3.8, 4) is 0 Å². The molecule has 1 aliphatic heterocycles. The van der Waals surface area contributed by atoms with Crippen molar-refractivity contribution in [2.75, 3.05) is 13.1 Å².